The van der Waals surface area contributed by atoms with Gasteiger partial charge < -0.3 is 10.4 Å². The van der Waals surface area contributed by atoms with E-state index < -0.39 is 5.97 Å². The molecule has 1 unspecified atom stereocenters. The van der Waals surface area contributed by atoms with Gasteiger partial charge in [-0.05, 0) is 33.2 Å². The van der Waals surface area contributed by atoms with Crippen LogP contribution in [-0.4, -0.2) is 23.7 Å². The fourth-order valence-electron chi connectivity index (χ4n) is 0.915. The van der Waals surface area contributed by atoms with Crippen LogP contribution in [0.2, 0.25) is 0 Å². The van der Waals surface area contributed by atoms with E-state index in [2.05, 4.69) is 19.2 Å². The summed E-state index contributed by atoms with van der Waals surface area (Å²) in [7, 11) is 0. The molecule has 0 rings (SSSR count). The predicted molar refractivity (Wildman–Crippen MR) is 53.8 cm³/mol. The molecule has 0 radical (unpaired) electrons. The van der Waals surface area contributed by atoms with Crippen molar-refractivity contribution in [2.75, 3.05) is 6.54 Å². The van der Waals surface area contributed by atoms with Gasteiger partial charge in [-0.15, -0.1) is 0 Å². The van der Waals surface area contributed by atoms with Gasteiger partial charge in [0.15, 0.2) is 0 Å². The Hall–Kier alpha value is -0.830. The number of hydrogen-bond donors (Lipinski definition) is 2. The molecule has 2 N–H and O–H groups in total. The first-order chi connectivity index (χ1) is 6.07. The van der Waals surface area contributed by atoms with E-state index in [1.54, 1.807) is 13.0 Å². The van der Waals surface area contributed by atoms with Crippen LogP contribution in [0.25, 0.3) is 0 Å². The number of carbonyl (C=O) groups is 1. The quantitative estimate of drug-likeness (QED) is 0.620. The first-order valence-corrected chi connectivity index (χ1v) is 4.71. The number of hydrogen-bond acceptors (Lipinski definition) is 2. The molecule has 0 aliphatic rings. The normalized spacial score (nSPS) is 14.2. The zero-order valence-electron chi connectivity index (χ0n) is 8.63. The van der Waals surface area contributed by atoms with Crippen LogP contribution in [0.5, 0.6) is 0 Å². The van der Waals surface area contributed by atoms with Gasteiger partial charge in [0.1, 0.15) is 0 Å². The maximum Gasteiger partial charge on any atom is 0.330 e. The molecule has 0 saturated heterocycles. The van der Waals surface area contributed by atoms with Crippen molar-refractivity contribution in [3.8, 4) is 0 Å². The molecular formula is C10H19NO2. The van der Waals surface area contributed by atoms with E-state index in [4.69, 9.17) is 5.11 Å². The Kier molecular flexibility index (Phi) is 6.24. The summed E-state index contributed by atoms with van der Waals surface area (Å²) in [5.74, 6) is -0.831. The molecule has 3 nitrogen and oxygen atoms in total. The van der Waals surface area contributed by atoms with E-state index in [1.807, 2.05) is 0 Å². The van der Waals surface area contributed by atoms with Crippen LogP contribution >= 0.6 is 0 Å². The Bertz CT molecular complexity index is 187. The van der Waals surface area contributed by atoms with E-state index in [0.29, 0.717) is 11.6 Å². The molecule has 0 aliphatic heterocycles. The third-order valence-electron chi connectivity index (χ3n) is 1.86. The Morgan fingerprint density at radius 1 is 1.62 bits per heavy atom. The van der Waals surface area contributed by atoms with Crippen molar-refractivity contribution < 1.29 is 9.90 Å². The number of nitrogens with one attached hydrogen (secondary N) is 1. The SMILES string of the molecule is CCCNC(C)CC=C(C)C(=O)O. The van der Waals surface area contributed by atoms with Crippen molar-refractivity contribution in [2.45, 2.75) is 39.7 Å². The summed E-state index contributed by atoms with van der Waals surface area (Å²) in [6.45, 7) is 6.77. The second kappa shape index (κ2) is 6.66. The molecule has 0 amide bonds. The van der Waals surface area contributed by atoms with Crippen LogP contribution in [0.3, 0.4) is 0 Å². The van der Waals surface area contributed by atoms with Gasteiger partial charge in [0.2, 0.25) is 0 Å². The monoisotopic (exact) mass is 185 g/mol. The summed E-state index contributed by atoms with van der Waals surface area (Å²) in [6.07, 6.45) is 3.64. The van der Waals surface area contributed by atoms with Crippen LogP contribution in [-0.2, 0) is 4.79 Å². The second-order valence-electron chi connectivity index (χ2n) is 3.28. The summed E-state index contributed by atoms with van der Waals surface area (Å²) < 4.78 is 0. The molecule has 0 aromatic rings. The smallest absolute Gasteiger partial charge is 0.330 e. The van der Waals surface area contributed by atoms with E-state index in [0.717, 1.165) is 19.4 Å². The molecule has 3 heteroatoms. The van der Waals surface area contributed by atoms with E-state index in [1.165, 1.54) is 0 Å². The average molecular weight is 185 g/mol. The van der Waals surface area contributed by atoms with Gasteiger partial charge in [0.25, 0.3) is 0 Å². The summed E-state index contributed by atoms with van der Waals surface area (Å²) in [4.78, 5) is 10.4. The van der Waals surface area contributed by atoms with E-state index in [9.17, 15) is 4.79 Å². The Morgan fingerprint density at radius 2 is 2.23 bits per heavy atom. The maximum absolute atomic E-state index is 10.4. The number of carboxylic acids is 1. The molecule has 0 bridgehead atoms. The molecule has 1 atom stereocenters. The van der Waals surface area contributed by atoms with Gasteiger partial charge in [-0.3, -0.25) is 0 Å². The van der Waals surface area contributed by atoms with Crippen molar-refractivity contribution in [1.82, 2.24) is 5.32 Å². The zero-order valence-corrected chi connectivity index (χ0v) is 8.63. The van der Waals surface area contributed by atoms with Gasteiger partial charge in [-0.2, -0.15) is 0 Å². The highest BCUT2D eigenvalue weighted by Gasteiger charge is 2.01. The van der Waals surface area contributed by atoms with Crippen molar-refractivity contribution >= 4 is 5.97 Å². The minimum absolute atomic E-state index is 0.356. The molecule has 13 heavy (non-hydrogen) atoms. The molecule has 0 aliphatic carbocycles. The fraction of sp³-hybridized carbons (Fsp3) is 0.700. The van der Waals surface area contributed by atoms with Crippen LogP contribution < -0.4 is 5.32 Å². The predicted octanol–water partition coefficient (Wildman–Crippen LogP) is 1.80. The number of carboxylic acid groups (broad SMARTS) is 1. The lowest BCUT2D eigenvalue weighted by Crippen LogP contribution is -2.26. The van der Waals surface area contributed by atoms with Gasteiger partial charge in [0.05, 0.1) is 0 Å². The molecular weight excluding hydrogens is 166 g/mol. The van der Waals surface area contributed by atoms with Crippen molar-refractivity contribution in [3.05, 3.63) is 11.6 Å². The van der Waals surface area contributed by atoms with Gasteiger partial charge in [-0.1, -0.05) is 13.0 Å². The Balaban J connectivity index is 3.73. The third-order valence-corrected chi connectivity index (χ3v) is 1.86. The highest BCUT2D eigenvalue weighted by atomic mass is 16.4. The lowest BCUT2D eigenvalue weighted by Gasteiger charge is -2.10. The summed E-state index contributed by atoms with van der Waals surface area (Å²) in [5, 5.41) is 11.9. The largest absolute Gasteiger partial charge is 0.478 e. The van der Waals surface area contributed by atoms with Gasteiger partial charge >= 0.3 is 5.97 Å². The number of rotatable bonds is 6. The first-order valence-electron chi connectivity index (χ1n) is 4.71. The van der Waals surface area contributed by atoms with E-state index >= 15 is 0 Å². The van der Waals surface area contributed by atoms with Gasteiger partial charge in [0, 0.05) is 11.6 Å². The minimum atomic E-state index is -0.831. The van der Waals surface area contributed by atoms with Crippen molar-refractivity contribution in [3.63, 3.8) is 0 Å². The Morgan fingerprint density at radius 3 is 2.69 bits per heavy atom. The van der Waals surface area contributed by atoms with Crippen LogP contribution in [0.15, 0.2) is 11.6 Å². The standard InChI is InChI=1S/C10H19NO2/c1-4-7-11-9(3)6-5-8(2)10(12)13/h5,9,11H,4,6-7H2,1-3H3,(H,12,13). The molecule has 0 saturated carbocycles. The summed E-state index contributed by atoms with van der Waals surface area (Å²) in [5.41, 5.74) is 0.421. The summed E-state index contributed by atoms with van der Waals surface area (Å²) >= 11 is 0. The fourth-order valence-corrected chi connectivity index (χ4v) is 0.915. The third kappa shape index (κ3) is 6.34. The molecule has 0 aromatic carbocycles. The highest BCUT2D eigenvalue weighted by molar-refractivity contribution is 5.85. The molecule has 0 aromatic heterocycles. The van der Waals surface area contributed by atoms with Crippen LogP contribution in [0.4, 0.5) is 0 Å². The molecule has 0 fully saturated rings. The zero-order chi connectivity index (χ0) is 10.3. The van der Waals surface area contributed by atoms with Crippen molar-refractivity contribution in [2.24, 2.45) is 0 Å². The maximum atomic E-state index is 10.4. The average Bonchev–Trinajstić information content (AvgIpc) is 2.10. The van der Waals surface area contributed by atoms with Crippen molar-refractivity contribution in [1.29, 1.82) is 0 Å². The second-order valence-corrected chi connectivity index (χ2v) is 3.28. The molecule has 0 spiro atoms. The first kappa shape index (κ1) is 12.2. The Labute approximate surface area is 79.8 Å². The topological polar surface area (TPSA) is 49.3 Å². The van der Waals surface area contributed by atoms with Gasteiger partial charge in [-0.25, -0.2) is 4.79 Å². The van der Waals surface area contributed by atoms with Crippen LogP contribution in [0.1, 0.15) is 33.6 Å². The van der Waals surface area contributed by atoms with E-state index in [-0.39, 0.29) is 0 Å². The summed E-state index contributed by atoms with van der Waals surface area (Å²) in [6, 6.07) is 0.356. The highest BCUT2D eigenvalue weighted by Crippen LogP contribution is 1.99. The number of aliphatic carboxylic acids is 1. The minimum Gasteiger partial charge on any atom is -0.478 e. The lowest BCUT2D eigenvalue weighted by atomic mass is 10.1. The van der Waals surface area contributed by atoms with Crippen LogP contribution in [0, 0.1) is 0 Å². The molecule has 0 heterocycles. The lowest BCUT2D eigenvalue weighted by molar-refractivity contribution is -0.132. The molecule has 76 valence electrons.